The van der Waals surface area contributed by atoms with Crippen LogP contribution in [0.15, 0.2) is 65.3 Å². The third-order valence-electron chi connectivity index (χ3n) is 6.15. The van der Waals surface area contributed by atoms with Gasteiger partial charge < -0.3 is 14.8 Å². The van der Waals surface area contributed by atoms with Crippen LogP contribution in [0.3, 0.4) is 0 Å². The molecule has 3 aromatic rings. The quantitative estimate of drug-likeness (QED) is 0.131. The highest BCUT2D eigenvalue weighted by Crippen LogP contribution is 2.38. The first-order chi connectivity index (χ1) is 19.7. The molecule has 1 aromatic heterocycles. The number of ether oxygens (including phenoxy) is 2. The van der Waals surface area contributed by atoms with Crippen molar-refractivity contribution in [2.75, 3.05) is 27.4 Å². The number of rotatable bonds is 10. The normalized spacial score (nSPS) is 14.3. The molecule has 212 valence electrons. The van der Waals surface area contributed by atoms with Gasteiger partial charge in [0.05, 0.1) is 12.7 Å². The smallest absolute Gasteiger partial charge is 0.433 e. The molecule has 0 aliphatic carbocycles. The SMILES string of the molecule is COCCCN1C(=O)/C(=C\c2ccc(OC)c(CSc3nc(C(F)(F)F)cc(-c4ccccc4)c3C#N)c2)NC1=S. The zero-order valence-electron chi connectivity index (χ0n) is 22.1. The maximum atomic E-state index is 13.8. The summed E-state index contributed by atoms with van der Waals surface area (Å²) in [6.07, 6.45) is -2.42. The van der Waals surface area contributed by atoms with E-state index in [1.54, 1.807) is 61.7 Å². The molecule has 2 aromatic carbocycles. The number of nitrogens with one attached hydrogen (secondary N) is 1. The van der Waals surface area contributed by atoms with E-state index in [2.05, 4.69) is 10.3 Å². The van der Waals surface area contributed by atoms with Crippen LogP contribution in [0.4, 0.5) is 13.2 Å². The van der Waals surface area contributed by atoms with Crippen LogP contribution in [0.1, 0.15) is 28.8 Å². The first-order valence-electron chi connectivity index (χ1n) is 12.4. The molecular weight excluding hydrogens is 573 g/mol. The predicted octanol–water partition coefficient (Wildman–Crippen LogP) is 6.03. The molecule has 2 heterocycles. The van der Waals surface area contributed by atoms with Crippen molar-refractivity contribution in [3.8, 4) is 22.9 Å². The van der Waals surface area contributed by atoms with Gasteiger partial charge in [0.25, 0.3) is 5.91 Å². The number of amides is 1. The molecule has 0 unspecified atom stereocenters. The summed E-state index contributed by atoms with van der Waals surface area (Å²) in [6.45, 7) is 0.905. The van der Waals surface area contributed by atoms with Crippen LogP contribution in [0, 0.1) is 11.3 Å². The highest BCUT2D eigenvalue weighted by molar-refractivity contribution is 7.98. The van der Waals surface area contributed by atoms with Gasteiger partial charge in [-0.15, -0.1) is 11.8 Å². The van der Waals surface area contributed by atoms with E-state index >= 15 is 0 Å². The average Bonchev–Trinajstić information content (AvgIpc) is 3.22. The Morgan fingerprint density at radius 2 is 1.93 bits per heavy atom. The summed E-state index contributed by atoms with van der Waals surface area (Å²) < 4.78 is 51.8. The highest BCUT2D eigenvalue weighted by Gasteiger charge is 2.35. The number of benzene rings is 2. The van der Waals surface area contributed by atoms with Gasteiger partial charge in [-0.1, -0.05) is 36.4 Å². The molecule has 1 N–H and O–H groups in total. The summed E-state index contributed by atoms with van der Waals surface area (Å²) in [4.78, 5) is 18.2. The average molecular weight is 599 g/mol. The maximum absolute atomic E-state index is 13.8. The summed E-state index contributed by atoms with van der Waals surface area (Å²) in [6, 6.07) is 16.6. The number of nitriles is 1. The molecule has 1 aliphatic rings. The van der Waals surface area contributed by atoms with E-state index in [1.807, 2.05) is 6.07 Å². The Hall–Kier alpha value is -3.92. The zero-order valence-corrected chi connectivity index (χ0v) is 23.8. The van der Waals surface area contributed by atoms with Crippen molar-refractivity contribution in [3.05, 3.63) is 82.7 Å². The molecule has 1 aliphatic heterocycles. The highest BCUT2D eigenvalue weighted by atomic mass is 32.2. The number of nitrogens with zero attached hydrogens (tertiary/aromatic N) is 3. The van der Waals surface area contributed by atoms with Crippen LogP contribution >= 0.6 is 24.0 Å². The number of halogens is 3. The number of methoxy groups -OCH3 is 2. The van der Waals surface area contributed by atoms with E-state index in [4.69, 9.17) is 21.7 Å². The van der Waals surface area contributed by atoms with Crippen molar-refractivity contribution < 1.29 is 27.4 Å². The molecule has 1 fully saturated rings. The number of hydrogen-bond donors (Lipinski definition) is 1. The third kappa shape index (κ3) is 7.05. The van der Waals surface area contributed by atoms with Gasteiger partial charge in [-0.3, -0.25) is 9.69 Å². The first kappa shape index (κ1) is 30.0. The zero-order chi connectivity index (χ0) is 29.6. The molecule has 0 saturated carbocycles. The monoisotopic (exact) mass is 598 g/mol. The van der Waals surface area contributed by atoms with Gasteiger partial charge in [-0.25, -0.2) is 4.98 Å². The summed E-state index contributed by atoms with van der Waals surface area (Å²) in [5.41, 5.74) is 1.19. The van der Waals surface area contributed by atoms with E-state index in [1.165, 1.54) is 12.0 Å². The Balaban J connectivity index is 1.64. The summed E-state index contributed by atoms with van der Waals surface area (Å²) >= 11 is 6.30. The second-order valence-electron chi connectivity index (χ2n) is 8.86. The van der Waals surface area contributed by atoms with Crippen molar-refractivity contribution in [3.63, 3.8) is 0 Å². The van der Waals surface area contributed by atoms with Gasteiger partial charge in [0, 0.05) is 37.1 Å². The lowest BCUT2D eigenvalue weighted by Crippen LogP contribution is -2.32. The Kier molecular flexibility index (Phi) is 9.65. The fourth-order valence-corrected chi connectivity index (χ4v) is 5.45. The fraction of sp³-hybridized carbons (Fsp3) is 0.241. The van der Waals surface area contributed by atoms with Gasteiger partial charge in [-0.2, -0.15) is 18.4 Å². The second kappa shape index (κ2) is 13.2. The number of alkyl halides is 3. The van der Waals surface area contributed by atoms with Crippen molar-refractivity contribution >= 4 is 41.1 Å². The number of carbonyl (C=O) groups excluding carboxylic acids is 1. The lowest BCUT2D eigenvalue weighted by molar-refractivity contribution is -0.141. The van der Waals surface area contributed by atoms with E-state index in [0.717, 1.165) is 17.8 Å². The number of thioether (sulfide) groups is 1. The minimum atomic E-state index is -4.70. The molecule has 41 heavy (non-hydrogen) atoms. The number of hydrogen-bond acceptors (Lipinski definition) is 7. The predicted molar refractivity (Wildman–Crippen MR) is 154 cm³/mol. The van der Waals surface area contributed by atoms with Gasteiger partial charge in [0.15, 0.2) is 5.11 Å². The molecule has 0 spiro atoms. The maximum Gasteiger partial charge on any atom is 0.433 e. The van der Waals surface area contributed by atoms with Gasteiger partial charge in [0.2, 0.25) is 0 Å². The summed E-state index contributed by atoms with van der Waals surface area (Å²) in [5, 5.41) is 13.1. The van der Waals surface area contributed by atoms with Crippen LogP contribution < -0.4 is 10.1 Å². The van der Waals surface area contributed by atoms with Gasteiger partial charge >= 0.3 is 6.18 Å². The van der Waals surface area contributed by atoms with E-state index in [9.17, 15) is 23.2 Å². The lowest BCUT2D eigenvalue weighted by atomic mass is 10.0. The standard InChI is InChI=1S/C29H25F3N4O3S2/c1-38-12-6-11-36-27(37)23(34-28(36)40)14-18-9-10-24(39-2)20(13-18)17-41-26-22(16-33)21(19-7-4-3-5-8-19)15-25(35-26)29(30,31)32/h3-5,7-10,13-15H,6,11-12,17H2,1-2H3,(H,34,40)/b23-14+. The second-order valence-corrected chi connectivity index (χ2v) is 10.2. The fourth-order valence-electron chi connectivity index (χ4n) is 4.18. The molecule has 0 bridgehead atoms. The Bertz CT molecular complexity index is 1520. The number of carbonyl (C=O) groups is 1. The largest absolute Gasteiger partial charge is 0.496 e. The number of thiocarbonyl (C=S) groups is 1. The van der Waals surface area contributed by atoms with Gasteiger partial charge in [0.1, 0.15) is 28.2 Å². The summed E-state index contributed by atoms with van der Waals surface area (Å²) in [5.74, 6) is 0.384. The van der Waals surface area contributed by atoms with Crippen molar-refractivity contribution in [2.24, 2.45) is 0 Å². The molecular formula is C29H25F3N4O3S2. The Labute approximate surface area is 245 Å². The first-order valence-corrected chi connectivity index (χ1v) is 13.8. The Morgan fingerprint density at radius 3 is 2.59 bits per heavy atom. The van der Waals surface area contributed by atoms with Crippen LogP contribution in [-0.4, -0.2) is 48.3 Å². The van der Waals surface area contributed by atoms with Gasteiger partial charge in [-0.05, 0) is 54.0 Å². The van der Waals surface area contributed by atoms with Crippen LogP contribution in [0.25, 0.3) is 17.2 Å². The molecule has 7 nitrogen and oxygen atoms in total. The molecule has 0 atom stereocenters. The van der Waals surface area contributed by atoms with E-state index < -0.39 is 11.9 Å². The summed E-state index contributed by atoms with van der Waals surface area (Å²) in [7, 11) is 3.07. The van der Waals surface area contributed by atoms with E-state index in [-0.39, 0.29) is 27.8 Å². The van der Waals surface area contributed by atoms with Crippen molar-refractivity contribution in [1.29, 1.82) is 5.26 Å². The minimum Gasteiger partial charge on any atom is -0.496 e. The molecule has 1 amide bonds. The molecule has 4 rings (SSSR count). The van der Waals surface area contributed by atoms with E-state index in [0.29, 0.717) is 52.8 Å². The molecule has 12 heteroatoms. The lowest BCUT2D eigenvalue weighted by Gasteiger charge is -2.15. The number of aromatic nitrogens is 1. The number of pyridine rings is 1. The third-order valence-corrected chi connectivity index (χ3v) is 7.49. The van der Waals surface area contributed by atoms with Crippen molar-refractivity contribution in [2.45, 2.75) is 23.4 Å². The minimum absolute atomic E-state index is 0.0447. The van der Waals surface area contributed by atoms with Crippen LogP contribution in [-0.2, 0) is 21.5 Å². The topological polar surface area (TPSA) is 87.5 Å². The van der Waals surface area contributed by atoms with Crippen LogP contribution in [0.2, 0.25) is 0 Å². The van der Waals surface area contributed by atoms with Crippen LogP contribution in [0.5, 0.6) is 5.75 Å². The van der Waals surface area contributed by atoms with Crippen molar-refractivity contribution in [1.82, 2.24) is 15.2 Å². The molecule has 1 saturated heterocycles. The Morgan fingerprint density at radius 1 is 1.17 bits per heavy atom. The molecule has 0 radical (unpaired) electrons.